The summed E-state index contributed by atoms with van der Waals surface area (Å²) >= 11 is 0. The van der Waals surface area contributed by atoms with E-state index in [1.807, 2.05) is 36.4 Å². The molecule has 1 aromatic carbocycles. The topological polar surface area (TPSA) is 72.3 Å². The first-order chi connectivity index (χ1) is 13.1. The van der Waals surface area contributed by atoms with Gasteiger partial charge in [-0.2, -0.15) is 5.26 Å². The van der Waals surface area contributed by atoms with Gasteiger partial charge in [-0.05, 0) is 30.7 Å². The van der Waals surface area contributed by atoms with Crippen LogP contribution in [0.4, 0.5) is 10.1 Å². The van der Waals surface area contributed by atoms with Crippen molar-refractivity contribution >= 4 is 22.5 Å². The Bertz CT molecular complexity index is 877. The molecular formula is C20H22FN5O. The predicted molar refractivity (Wildman–Crippen MR) is 101 cm³/mol. The Balaban J connectivity index is 1.36. The number of aromatic nitrogens is 1. The Kier molecular flexibility index (Phi) is 4.90. The summed E-state index contributed by atoms with van der Waals surface area (Å²) in [5, 5.41) is 13.8. The van der Waals surface area contributed by atoms with Gasteiger partial charge in [-0.15, -0.1) is 0 Å². The van der Waals surface area contributed by atoms with Crippen molar-refractivity contribution in [3.8, 4) is 6.07 Å². The fourth-order valence-electron chi connectivity index (χ4n) is 4.01. The summed E-state index contributed by atoms with van der Waals surface area (Å²) in [6, 6.07) is 11.6. The first kappa shape index (κ1) is 17.7. The molecule has 0 radical (unpaired) electrons. The van der Waals surface area contributed by atoms with Gasteiger partial charge in [-0.3, -0.25) is 14.7 Å². The maximum atomic E-state index is 13.5. The van der Waals surface area contributed by atoms with Crippen molar-refractivity contribution in [2.75, 3.05) is 31.5 Å². The summed E-state index contributed by atoms with van der Waals surface area (Å²) in [7, 11) is 0. The molecule has 1 amide bonds. The van der Waals surface area contributed by atoms with Gasteiger partial charge in [0.1, 0.15) is 12.2 Å². The van der Waals surface area contributed by atoms with Crippen LogP contribution in [0.5, 0.6) is 0 Å². The lowest BCUT2D eigenvalue weighted by Crippen LogP contribution is -2.42. The Morgan fingerprint density at radius 3 is 3.07 bits per heavy atom. The van der Waals surface area contributed by atoms with Gasteiger partial charge in [-0.1, -0.05) is 6.07 Å². The van der Waals surface area contributed by atoms with Crippen LogP contribution in [0.2, 0.25) is 0 Å². The summed E-state index contributed by atoms with van der Waals surface area (Å²) in [5.41, 5.74) is 1.99. The molecule has 1 aromatic heterocycles. The number of likely N-dealkylation sites (tertiary alicyclic amines) is 2. The maximum absolute atomic E-state index is 13.5. The van der Waals surface area contributed by atoms with Gasteiger partial charge >= 0.3 is 0 Å². The number of fused-ring (bicyclic) bond motifs is 1. The van der Waals surface area contributed by atoms with E-state index in [-0.39, 0.29) is 31.5 Å². The zero-order valence-corrected chi connectivity index (χ0v) is 15.0. The average Bonchev–Trinajstić information content (AvgIpc) is 3.28. The number of nitrogens with one attached hydrogen (secondary N) is 1. The molecule has 0 aliphatic carbocycles. The van der Waals surface area contributed by atoms with E-state index in [4.69, 9.17) is 5.26 Å². The van der Waals surface area contributed by atoms with Crippen molar-refractivity contribution in [3.05, 3.63) is 36.5 Å². The SMILES string of the molecule is N#CC1C[C@H](F)CN1C(=O)CN1CC[C@@H](Nc2cccc3ncccc23)C1. The van der Waals surface area contributed by atoms with Crippen LogP contribution in [0.3, 0.4) is 0 Å². The van der Waals surface area contributed by atoms with Crippen LogP contribution in [-0.4, -0.2) is 65.1 Å². The molecule has 2 aliphatic heterocycles. The van der Waals surface area contributed by atoms with E-state index in [2.05, 4.69) is 15.2 Å². The highest BCUT2D eigenvalue weighted by Crippen LogP contribution is 2.25. The second kappa shape index (κ2) is 7.49. The van der Waals surface area contributed by atoms with Crippen molar-refractivity contribution in [2.45, 2.75) is 31.1 Å². The predicted octanol–water partition coefficient (Wildman–Crippen LogP) is 2.18. The standard InChI is InChI=1S/C20H22FN5O/c21-14-9-16(10-22)26(11-14)20(27)13-25-8-6-15(12-25)24-19-5-1-4-18-17(19)3-2-7-23-18/h1-5,7,14-16,24H,6,8-9,11-13H2/t14-,15+,16?/m0/s1. The van der Waals surface area contributed by atoms with E-state index in [0.29, 0.717) is 0 Å². The van der Waals surface area contributed by atoms with Crippen LogP contribution in [0.25, 0.3) is 10.9 Å². The van der Waals surface area contributed by atoms with Gasteiger partial charge in [0.15, 0.2) is 0 Å². The minimum absolute atomic E-state index is 0.0373. The highest BCUT2D eigenvalue weighted by atomic mass is 19.1. The Morgan fingerprint density at radius 2 is 2.22 bits per heavy atom. The fourth-order valence-corrected chi connectivity index (χ4v) is 4.01. The number of rotatable bonds is 4. The zero-order chi connectivity index (χ0) is 18.8. The lowest BCUT2D eigenvalue weighted by atomic mass is 10.1. The molecule has 1 unspecified atom stereocenters. The number of amides is 1. The summed E-state index contributed by atoms with van der Waals surface area (Å²) in [4.78, 5) is 20.3. The number of hydrogen-bond acceptors (Lipinski definition) is 5. The van der Waals surface area contributed by atoms with Gasteiger partial charge in [-0.25, -0.2) is 4.39 Å². The molecule has 2 aromatic rings. The van der Waals surface area contributed by atoms with E-state index >= 15 is 0 Å². The minimum Gasteiger partial charge on any atom is -0.380 e. The van der Waals surface area contributed by atoms with Crippen molar-refractivity contribution in [2.24, 2.45) is 0 Å². The molecule has 7 heteroatoms. The minimum atomic E-state index is -1.09. The molecule has 6 nitrogen and oxygen atoms in total. The number of benzene rings is 1. The Hall–Kier alpha value is -2.72. The molecule has 3 atom stereocenters. The van der Waals surface area contributed by atoms with Gasteiger partial charge in [0, 0.05) is 42.8 Å². The van der Waals surface area contributed by atoms with Crippen LogP contribution in [-0.2, 0) is 4.79 Å². The Morgan fingerprint density at radius 1 is 1.33 bits per heavy atom. The van der Waals surface area contributed by atoms with E-state index in [0.717, 1.165) is 36.1 Å². The van der Waals surface area contributed by atoms with Crippen LogP contribution in [0.1, 0.15) is 12.8 Å². The van der Waals surface area contributed by atoms with E-state index in [9.17, 15) is 9.18 Å². The van der Waals surface area contributed by atoms with Gasteiger partial charge in [0.25, 0.3) is 0 Å². The molecule has 4 rings (SSSR count). The monoisotopic (exact) mass is 367 g/mol. The molecule has 3 heterocycles. The van der Waals surface area contributed by atoms with E-state index < -0.39 is 12.2 Å². The molecular weight excluding hydrogens is 345 g/mol. The number of nitriles is 1. The fraction of sp³-hybridized carbons (Fsp3) is 0.450. The van der Waals surface area contributed by atoms with Crippen molar-refractivity contribution in [3.63, 3.8) is 0 Å². The average molecular weight is 367 g/mol. The largest absolute Gasteiger partial charge is 0.380 e. The second-order valence-corrected chi connectivity index (χ2v) is 7.26. The quantitative estimate of drug-likeness (QED) is 0.897. The van der Waals surface area contributed by atoms with Crippen molar-refractivity contribution in [1.29, 1.82) is 5.26 Å². The van der Waals surface area contributed by atoms with Gasteiger partial charge in [0.2, 0.25) is 5.91 Å². The summed E-state index contributed by atoms with van der Waals surface area (Å²) in [5.74, 6) is -0.156. The number of anilines is 1. The number of carbonyl (C=O) groups is 1. The third kappa shape index (κ3) is 3.71. The summed E-state index contributed by atoms with van der Waals surface area (Å²) < 4.78 is 13.5. The molecule has 2 aliphatic rings. The van der Waals surface area contributed by atoms with Crippen molar-refractivity contribution in [1.82, 2.24) is 14.8 Å². The van der Waals surface area contributed by atoms with Gasteiger partial charge < -0.3 is 10.2 Å². The number of nitrogens with zero attached hydrogens (tertiary/aromatic N) is 4. The summed E-state index contributed by atoms with van der Waals surface area (Å²) in [6.07, 6.45) is 1.74. The molecule has 2 fully saturated rings. The molecule has 2 saturated heterocycles. The zero-order valence-electron chi connectivity index (χ0n) is 15.0. The number of alkyl halides is 1. The lowest BCUT2D eigenvalue weighted by Gasteiger charge is -2.23. The molecule has 1 N–H and O–H groups in total. The number of pyridine rings is 1. The van der Waals surface area contributed by atoms with E-state index in [1.165, 1.54) is 4.90 Å². The number of halogens is 1. The highest BCUT2D eigenvalue weighted by Gasteiger charge is 2.36. The van der Waals surface area contributed by atoms with Crippen LogP contribution >= 0.6 is 0 Å². The van der Waals surface area contributed by atoms with Crippen LogP contribution < -0.4 is 5.32 Å². The van der Waals surface area contributed by atoms with Crippen molar-refractivity contribution < 1.29 is 9.18 Å². The molecule has 0 saturated carbocycles. The first-order valence-electron chi connectivity index (χ1n) is 9.30. The number of hydrogen-bond donors (Lipinski definition) is 1. The highest BCUT2D eigenvalue weighted by molar-refractivity contribution is 5.91. The van der Waals surface area contributed by atoms with Crippen LogP contribution in [0, 0.1) is 11.3 Å². The van der Waals surface area contributed by atoms with Gasteiger partial charge in [0.05, 0.1) is 24.7 Å². The summed E-state index contributed by atoms with van der Waals surface area (Å²) in [6.45, 7) is 1.82. The molecule has 140 valence electrons. The van der Waals surface area contributed by atoms with E-state index in [1.54, 1.807) is 6.20 Å². The smallest absolute Gasteiger partial charge is 0.237 e. The number of carbonyl (C=O) groups excluding carboxylic acids is 1. The molecule has 0 bridgehead atoms. The molecule has 0 spiro atoms. The lowest BCUT2D eigenvalue weighted by molar-refractivity contribution is -0.132. The Labute approximate surface area is 157 Å². The molecule has 27 heavy (non-hydrogen) atoms. The second-order valence-electron chi connectivity index (χ2n) is 7.26. The van der Waals surface area contributed by atoms with Crippen LogP contribution in [0.15, 0.2) is 36.5 Å². The maximum Gasteiger partial charge on any atom is 0.237 e. The third-order valence-electron chi connectivity index (χ3n) is 5.36. The normalized spacial score (nSPS) is 25.6. The first-order valence-corrected chi connectivity index (χ1v) is 9.30. The third-order valence-corrected chi connectivity index (χ3v) is 5.36.